The van der Waals surface area contributed by atoms with Gasteiger partial charge in [0.1, 0.15) is 0 Å². The van der Waals surface area contributed by atoms with E-state index in [0.29, 0.717) is 6.54 Å². The van der Waals surface area contributed by atoms with Crippen LogP contribution in [0.5, 0.6) is 0 Å². The first-order chi connectivity index (χ1) is 9.84. The third kappa shape index (κ3) is 8.74. The summed E-state index contributed by atoms with van der Waals surface area (Å²) in [5, 5.41) is 6.18. The van der Waals surface area contributed by atoms with E-state index in [4.69, 9.17) is 0 Å². The van der Waals surface area contributed by atoms with Crippen LogP contribution in [-0.4, -0.2) is 25.5 Å². The fourth-order valence-corrected chi connectivity index (χ4v) is 2.28. The van der Waals surface area contributed by atoms with E-state index in [-0.39, 0.29) is 18.3 Å². The van der Waals surface area contributed by atoms with Crippen molar-refractivity contribution in [3.8, 4) is 0 Å². The van der Waals surface area contributed by atoms with Crippen LogP contribution in [0.2, 0.25) is 0 Å². The zero-order valence-corrected chi connectivity index (χ0v) is 13.5. The second kappa shape index (κ2) is 10.6. The van der Waals surface area contributed by atoms with Crippen molar-refractivity contribution in [1.29, 1.82) is 0 Å². The van der Waals surface area contributed by atoms with Gasteiger partial charge in [0, 0.05) is 6.54 Å². The summed E-state index contributed by atoms with van der Waals surface area (Å²) in [7, 11) is 0. The third-order valence-electron chi connectivity index (χ3n) is 3.72. The van der Waals surface area contributed by atoms with Crippen LogP contribution in [0.1, 0.15) is 37.7 Å². The van der Waals surface area contributed by atoms with Gasteiger partial charge in [0.2, 0.25) is 5.91 Å². The van der Waals surface area contributed by atoms with Crippen molar-refractivity contribution in [1.82, 2.24) is 10.6 Å². The number of carbonyl (C=O) groups is 1. The highest BCUT2D eigenvalue weighted by Crippen LogP contribution is 2.27. The predicted molar refractivity (Wildman–Crippen MR) is 89.8 cm³/mol. The van der Waals surface area contributed by atoms with E-state index >= 15 is 0 Å². The van der Waals surface area contributed by atoms with Gasteiger partial charge in [-0.15, -0.1) is 12.4 Å². The average molecular weight is 311 g/mol. The van der Waals surface area contributed by atoms with E-state index in [0.717, 1.165) is 31.8 Å². The largest absolute Gasteiger partial charge is 0.355 e. The molecule has 2 N–H and O–H groups in total. The van der Waals surface area contributed by atoms with E-state index in [2.05, 4.69) is 41.0 Å². The van der Waals surface area contributed by atoms with Crippen molar-refractivity contribution >= 4 is 18.3 Å². The average Bonchev–Trinajstić information content (AvgIpc) is 3.28. The topological polar surface area (TPSA) is 41.1 Å². The van der Waals surface area contributed by atoms with Crippen molar-refractivity contribution in [2.24, 2.45) is 5.92 Å². The van der Waals surface area contributed by atoms with Gasteiger partial charge in [-0.3, -0.25) is 4.79 Å². The summed E-state index contributed by atoms with van der Waals surface area (Å²) in [6.07, 6.45) is 7.23. The second-order valence-corrected chi connectivity index (χ2v) is 5.72. The van der Waals surface area contributed by atoms with Crippen molar-refractivity contribution in [3.63, 3.8) is 0 Å². The zero-order chi connectivity index (χ0) is 14.0. The number of rotatable bonds is 10. The molecule has 0 radical (unpaired) electrons. The molecule has 21 heavy (non-hydrogen) atoms. The molecular weight excluding hydrogens is 284 g/mol. The Morgan fingerprint density at radius 2 is 1.86 bits per heavy atom. The molecule has 1 aliphatic rings. The van der Waals surface area contributed by atoms with Crippen molar-refractivity contribution < 1.29 is 4.79 Å². The Labute approximate surface area is 134 Å². The lowest BCUT2D eigenvalue weighted by Crippen LogP contribution is -2.35. The van der Waals surface area contributed by atoms with E-state index in [1.807, 2.05) is 0 Å². The molecule has 3 nitrogen and oxygen atoms in total. The molecule has 0 atom stereocenters. The molecule has 2 rings (SSSR count). The van der Waals surface area contributed by atoms with Crippen LogP contribution in [0.4, 0.5) is 0 Å². The SMILES string of the molecule is Cl.O=C(CNCC1CC1)NCCCCCc1ccccc1. The molecule has 1 aliphatic carbocycles. The van der Waals surface area contributed by atoms with Crippen molar-refractivity contribution in [3.05, 3.63) is 35.9 Å². The molecule has 1 amide bonds. The van der Waals surface area contributed by atoms with E-state index < -0.39 is 0 Å². The molecule has 0 aromatic heterocycles. The molecule has 0 spiro atoms. The molecule has 0 saturated heterocycles. The number of benzene rings is 1. The van der Waals surface area contributed by atoms with Crippen LogP contribution in [0.3, 0.4) is 0 Å². The Balaban J connectivity index is 0.00000220. The highest BCUT2D eigenvalue weighted by molar-refractivity contribution is 5.85. The van der Waals surface area contributed by atoms with Gasteiger partial charge in [0.15, 0.2) is 0 Å². The molecule has 0 aliphatic heterocycles. The lowest BCUT2D eigenvalue weighted by atomic mass is 10.1. The number of nitrogens with one attached hydrogen (secondary N) is 2. The summed E-state index contributed by atoms with van der Waals surface area (Å²) in [6.45, 7) is 2.28. The fourth-order valence-electron chi connectivity index (χ4n) is 2.28. The van der Waals surface area contributed by atoms with Gasteiger partial charge in [-0.25, -0.2) is 0 Å². The molecular formula is C17H27ClN2O. The lowest BCUT2D eigenvalue weighted by molar-refractivity contribution is -0.120. The third-order valence-corrected chi connectivity index (χ3v) is 3.72. The quantitative estimate of drug-likeness (QED) is 0.652. The maximum Gasteiger partial charge on any atom is 0.233 e. The highest BCUT2D eigenvalue weighted by Gasteiger charge is 2.20. The fraction of sp³-hybridized carbons (Fsp3) is 0.588. The Morgan fingerprint density at radius 1 is 1.10 bits per heavy atom. The van der Waals surface area contributed by atoms with Crippen LogP contribution in [0.25, 0.3) is 0 Å². The molecule has 0 unspecified atom stereocenters. The number of aryl methyl sites for hydroxylation is 1. The maximum absolute atomic E-state index is 11.5. The standard InChI is InChI=1S/C17H26N2O.ClH/c20-17(14-18-13-16-10-11-16)19-12-6-2-5-9-15-7-3-1-4-8-15;/h1,3-4,7-8,16,18H,2,5-6,9-14H2,(H,19,20);1H. The minimum Gasteiger partial charge on any atom is -0.355 e. The van der Waals surface area contributed by atoms with Crippen molar-refractivity contribution in [2.75, 3.05) is 19.6 Å². The molecule has 0 heterocycles. The Morgan fingerprint density at radius 3 is 2.57 bits per heavy atom. The number of hydrogen-bond donors (Lipinski definition) is 2. The number of amides is 1. The van der Waals surface area contributed by atoms with Gasteiger partial charge in [0.25, 0.3) is 0 Å². The lowest BCUT2D eigenvalue weighted by Gasteiger charge is -2.06. The second-order valence-electron chi connectivity index (χ2n) is 5.72. The Bertz CT molecular complexity index is 393. The van der Waals surface area contributed by atoms with E-state index in [1.54, 1.807) is 0 Å². The first-order valence-corrected chi connectivity index (χ1v) is 7.86. The van der Waals surface area contributed by atoms with Gasteiger partial charge in [-0.2, -0.15) is 0 Å². The molecule has 1 aromatic carbocycles. The minimum absolute atomic E-state index is 0. The minimum atomic E-state index is 0. The molecule has 118 valence electrons. The summed E-state index contributed by atoms with van der Waals surface area (Å²) in [5.74, 6) is 0.967. The van der Waals surface area contributed by atoms with E-state index in [9.17, 15) is 4.79 Å². The van der Waals surface area contributed by atoms with Crippen LogP contribution < -0.4 is 10.6 Å². The van der Waals surface area contributed by atoms with E-state index in [1.165, 1.54) is 31.2 Å². The summed E-state index contributed by atoms with van der Waals surface area (Å²) < 4.78 is 0. The molecule has 1 fully saturated rings. The maximum atomic E-state index is 11.5. The Hall–Kier alpha value is -1.06. The number of unbranched alkanes of at least 4 members (excludes halogenated alkanes) is 2. The number of halogens is 1. The van der Waals surface area contributed by atoms with Gasteiger partial charge in [-0.05, 0) is 50.1 Å². The van der Waals surface area contributed by atoms with Gasteiger partial charge < -0.3 is 10.6 Å². The van der Waals surface area contributed by atoms with Crippen LogP contribution in [-0.2, 0) is 11.2 Å². The van der Waals surface area contributed by atoms with Crippen LogP contribution >= 0.6 is 12.4 Å². The van der Waals surface area contributed by atoms with Crippen molar-refractivity contribution in [2.45, 2.75) is 38.5 Å². The number of hydrogen-bond acceptors (Lipinski definition) is 2. The highest BCUT2D eigenvalue weighted by atomic mass is 35.5. The normalized spacial score (nSPS) is 13.5. The van der Waals surface area contributed by atoms with Crippen LogP contribution in [0, 0.1) is 5.92 Å². The molecule has 0 bridgehead atoms. The van der Waals surface area contributed by atoms with Gasteiger partial charge in [0.05, 0.1) is 6.54 Å². The summed E-state index contributed by atoms with van der Waals surface area (Å²) in [6, 6.07) is 10.6. The molecule has 1 saturated carbocycles. The molecule has 1 aromatic rings. The first-order valence-electron chi connectivity index (χ1n) is 7.86. The van der Waals surface area contributed by atoms with Crippen LogP contribution in [0.15, 0.2) is 30.3 Å². The zero-order valence-electron chi connectivity index (χ0n) is 12.6. The summed E-state index contributed by atoms with van der Waals surface area (Å²) in [4.78, 5) is 11.5. The smallest absolute Gasteiger partial charge is 0.233 e. The first kappa shape index (κ1) is 18.0. The Kier molecular flexibility index (Phi) is 9.11. The van der Waals surface area contributed by atoms with Gasteiger partial charge in [-0.1, -0.05) is 36.8 Å². The number of carbonyl (C=O) groups excluding carboxylic acids is 1. The monoisotopic (exact) mass is 310 g/mol. The summed E-state index contributed by atoms with van der Waals surface area (Å²) in [5.41, 5.74) is 1.40. The summed E-state index contributed by atoms with van der Waals surface area (Å²) >= 11 is 0. The molecule has 4 heteroatoms. The predicted octanol–water partition coefficient (Wildman–Crippen LogP) is 2.94. The van der Waals surface area contributed by atoms with Gasteiger partial charge >= 0.3 is 0 Å².